The predicted molar refractivity (Wildman–Crippen MR) is 69.5 cm³/mol. The van der Waals surface area contributed by atoms with Gasteiger partial charge in [0.15, 0.2) is 0 Å². The summed E-state index contributed by atoms with van der Waals surface area (Å²) in [5.41, 5.74) is 0.346. The Kier molecular flexibility index (Phi) is 5.64. The zero-order chi connectivity index (χ0) is 12.8. The van der Waals surface area contributed by atoms with Crippen molar-refractivity contribution in [2.75, 3.05) is 18.1 Å². The molecule has 1 amide bonds. The normalized spacial score (nSPS) is 12.2. The molecule has 0 aromatic heterocycles. The highest BCUT2D eigenvalue weighted by molar-refractivity contribution is 7.84. The Hall–Kier alpha value is -0.880. The first-order chi connectivity index (χ1) is 8.04. The van der Waals surface area contributed by atoms with E-state index in [1.807, 2.05) is 6.92 Å². The molecule has 0 radical (unpaired) electrons. The SMILES string of the molecule is CCS(=O)CCNC(=O)c1ccc(F)c(S)c1. The van der Waals surface area contributed by atoms with E-state index in [2.05, 4.69) is 17.9 Å². The molecule has 17 heavy (non-hydrogen) atoms. The molecule has 1 atom stereocenters. The van der Waals surface area contributed by atoms with E-state index >= 15 is 0 Å². The maximum Gasteiger partial charge on any atom is 0.251 e. The second kappa shape index (κ2) is 6.76. The number of halogens is 1. The lowest BCUT2D eigenvalue weighted by Crippen LogP contribution is -2.28. The summed E-state index contributed by atoms with van der Waals surface area (Å²) in [6.45, 7) is 2.17. The predicted octanol–water partition coefficient (Wildman–Crippen LogP) is 1.61. The van der Waals surface area contributed by atoms with Crippen LogP contribution in [-0.4, -0.2) is 28.2 Å². The molecule has 6 heteroatoms. The third kappa shape index (κ3) is 4.47. The fraction of sp³-hybridized carbons (Fsp3) is 0.364. The van der Waals surface area contributed by atoms with Gasteiger partial charge in [0.25, 0.3) is 5.91 Å². The van der Waals surface area contributed by atoms with Crippen LogP contribution in [-0.2, 0) is 10.8 Å². The first-order valence-electron chi connectivity index (χ1n) is 5.16. The third-order valence-corrected chi connectivity index (χ3v) is 3.79. The second-order valence-corrected chi connectivity index (χ2v) is 5.70. The summed E-state index contributed by atoms with van der Waals surface area (Å²) in [6, 6.07) is 3.95. The fourth-order valence-corrected chi connectivity index (χ4v) is 2.01. The molecular formula is C11H14FNO2S2. The summed E-state index contributed by atoms with van der Waals surface area (Å²) in [6.07, 6.45) is 0. The smallest absolute Gasteiger partial charge is 0.251 e. The monoisotopic (exact) mass is 275 g/mol. The minimum absolute atomic E-state index is 0.134. The lowest BCUT2D eigenvalue weighted by molar-refractivity contribution is 0.0956. The van der Waals surface area contributed by atoms with Crippen molar-refractivity contribution in [3.8, 4) is 0 Å². The number of benzene rings is 1. The fourth-order valence-electron chi connectivity index (χ4n) is 1.18. The van der Waals surface area contributed by atoms with E-state index < -0.39 is 16.6 Å². The zero-order valence-electron chi connectivity index (χ0n) is 9.40. The molecule has 0 saturated heterocycles. The molecular weight excluding hydrogens is 261 g/mol. The van der Waals surface area contributed by atoms with E-state index in [-0.39, 0.29) is 10.8 Å². The number of nitrogens with one attached hydrogen (secondary N) is 1. The van der Waals surface area contributed by atoms with E-state index in [1.54, 1.807) is 0 Å². The van der Waals surface area contributed by atoms with Crippen molar-refractivity contribution in [1.29, 1.82) is 0 Å². The summed E-state index contributed by atoms with van der Waals surface area (Å²) in [7, 11) is -0.898. The summed E-state index contributed by atoms with van der Waals surface area (Å²) in [4.78, 5) is 11.7. The molecule has 0 spiro atoms. The lowest BCUT2D eigenvalue weighted by atomic mass is 10.2. The Morgan fingerprint density at radius 3 is 2.82 bits per heavy atom. The second-order valence-electron chi connectivity index (χ2n) is 3.35. The van der Waals surface area contributed by atoms with Gasteiger partial charge in [0.1, 0.15) is 5.82 Å². The molecule has 0 aliphatic heterocycles. The van der Waals surface area contributed by atoms with Crippen LogP contribution >= 0.6 is 12.6 Å². The standard InChI is InChI=1S/C11H14FNO2S2/c1-2-17(15)6-5-13-11(14)8-3-4-9(12)10(16)7-8/h3-4,7,16H,2,5-6H2,1H3,(H,13,14). The van der Waals surface area contributed by atoms with Gasteiger partial charge in [-0.2, -0.15) is 0 Å². The van der Waals surface area contributed by atoms with Crippen LogP contribution in [0, 0.1) is 5.82 Å². The molecule has 1 rings (SSSR count). The number of hydrogen-bond acceptors (Lipinski definition) is 3. The van der Waals surface area contributed by atoms with Gasteiger partial charge < -0.3 is 5.32 Å². The van der Waals surface area contributed by atoms with Crippen LogP contribution in [0.4, 0.5) is 4.39 Å². The van der Waals surface area contributed by atoms with Gasteiger partial charge >= 0.3 is 0 Å². The molecule has 3 nitrogen and oxygen atoms in total. The van der Waals surface area contributed by atoms with E-state index in [9.17, 15) is 13.4 Å². The molecule has 1 N–H and O–H groups in total. The van der Waals surface area contributed by atoms with Gasteiger partial charge in [-0.25, -0.2) is 4.39 Å². The first-order valence-corrected chi connectivity index (χ1v) is 7.09. The Balaban J connectivity index is 2.52. The van der Waals surface area contributed by atoms with Crippen LogP contribution in [0.3, 0.4) is 0 Å². The molecule has 0 bridgehead atoms. The number of hydrogen-bond donors (Lipinski definition) is 2. The van der Waals surface area contributed by atoms with Gasteiger partial charge in [-0.05, 0) is 18.2 Å². The summed E-state index contributed by atoms with van der Waals surface area (Å²) in [5, 5.41) is 2.62. The van der Waals surface area contributed by atoms with Crippen molar-refractivity contribution in [3.05, 3.63) is 29.6 Å². The Labute approximate surface area is 108 Å². The highest BCUT2D eigenvalue weighted by Crippen LogP contribution is 2.13. The lowest BCUT2D eigenvalue weighted by Gasteiger charge is -2.05. The van der Waals surface area contributed by atoms with Crippen LogP contribution in [0.1, 0.15) is 17.3 Å². The van der Waals surface area contributed by atoms with E-state index in [0.717, 1.165) is 0 Å². The van der Waals surface area contributed by atoms with E-state index in [4.69, 9.17) is 0 Å². The van der Waals surface area contributed by atoms with E-state index in [1.165, 1.54) is 18.2 Å². The molecule has 0 fully saturated rings. The highest BCUT2D eigenvalue weighted by Gasteiger charge is 2.07. The quantitative estimate of drug-likeness (QED) is 0.802. The van der Waals surface area contributed by atoms with Gasteiger partial charge in [0, 0.05) is 39.3 Å². The average Bonchev–Trinajstić information content (AvgIpc) is 2.32. The van der Waals surface area contributed by atoms with Gasteiger partial charge in [-0.15, -0.1) is 12.6 Å². The van der Waals surface area contributed by atoms with Crippen LogP contribution in [0.2, 0.25) is 0 Å². The topological polar surface area (TPSA) is 46.2 Å². The van der Waals surface area contributed by atoms with Crippen LogP contribution in [0.15, 0.2) is 23.1 Å². The van der Waals surface area contributed by atoms with Gasteiger partial charge in [0.2, 0.25) is 0 Å². The molecule has 1 aromatic rings. The van der Waals surface area contributed by atoms with Gasteiger partial charge in [0.05, 0.1) is 0 Å². The largest absolute Gasteiger partial charge is 0.351 e. The van der Waals surface area contributed by atoms with Crippen molar-refractivity contribution < 1.29 is 13.4 Å². The summed E-state index contributed by atoms with van der Waals surface area (Å²) < 4.78 is 24.0. The maximum absolute atomic E-state index is 12.9. The molecule has 94 valence electrons. The van der Waals surface area contributed by atoms with Crippen molar-refractivity contribution >= 4 is 29.3 Å². The summed E-state index contributed by atoms with van der Waals surface area (Å²) in [5.74, 6) is 0.232. The number of carbonyl (C=O) groups is 1. The summed E-state index contributed by atoms with van der Waals surface area (Å²) >= 11 is 3.90. The zero-order valence-corrected chi connectivity index (χ0v) is 11.1. The molecule has 1 aromatic carbocycles. The van der Waals surface area contributed by atoms with Crippen LogP contribution < -0.4 is 5.32 Å². The van der Waals surface area contributed by atoms with E-state index in [0.29, 0.717) is 23.6 Å². The molecule has 0 saturated carbocycles. The Bertz CT molecular complexity index is 437. The van der Waals surface area contributed by atoms with Gasteiger partial charge in [-0.3, -0.25) is 9.00 Å². The maximum atomic E-state index is 12.9. The highest BCUT2D eigenvalue weighted by atomic mass is 32.2. The number of rotatable bonds is 5. The number of carbonyl (C=O) groups excluding carboxylic acids is 1. The molecule has 1 unspecified atom stereocenters. The van der Waals surface area contributed by atoms with Crippen molar-refractivity contribution in [3.63, 3.8) is 0 Å². The molecule has 0 aliphatic carbocycles. The first kappa shape index (κ1) is 14.2. The van der Waals surface area contributed by atoms with Crippen LogP contribution in [0.25, 0.3) is 0 Å². The van der Waals surface area contributed by atoms with Crippen molar-refractivity contribution in [1.82, 2.24) is 5.32 Å². The van der Waals surface area contributed by atoms with Crippen LogP contribution in [0.5, 0.6) is 0 Å². The molecule has 0 aliphatic rings. The Morgan fingerprint density at radius 1 is 1.53 bits per heavy atom. The minimum atomic E-state index is -0.898. The number of thiol groups is 1. The van der Waals surface area contributed by atoms with Crippen molar-refractivity contribution in [2.24, 2.45) is 0 Å². The minimum Gasteiger partial charge on any atom is -0.351 e. The van der Waals surface area contributed by atoms with Crippen molar-refractivity contribution in [2.45, 2.75) is 11.8 Å². The molecule has 0 heterocycles. The number of amides is 1. The van der Waals surface area contributed by atoms with Gasteiger partial charge in [-0.1, -0.05) is 6.92 Å². The Morgan fingerprint density at radius 2 is 2.24 bits per heavy atom. The third-order valence-electron chi connectivity index (χ3n) is 2.15. The average molecular weight is 275 g/mol.